The lowest BCUT2D eigenvalue weighted by atomic mass is 10.1. The molecule has 0 aliphatic carbocycles. The minimum Gasteiger partial charge on any atom is -0.381 e. The molecule has 2 aromatic heterocycles. The van der Waals surface area contributed by atoms with Gasteiger partial charge in [-0.05, 0) is 69.5 Å². The third kappa shape index (κ3) is 6.46. The summed E-state index contributed by atoms with van der Waals surface area (Å²) in [6, 6.07) is 10.4. The van der Waals surface area contributed by atoms with Crippen LogP contribution in [0.4, 0.5) is 28.4 Å². The third-order valence-corrected chi connectivity index (χ3v) is 7.79. The third-order valence-electron chi connectivity index (χ3n) is 7.79. The number of rotatable bonds is 8. The zero-order chi connectivity index (χ0) is 28.1. The van der Waals surface area contributed by atoms with Crippen LogP contribution in [-0.4, -0.2) is 72.3 Å². The molecule has 0 saturated carbocycles. The van der Waals surface area contributed by atoms with Crippen molar-refractivity contribution in [1.29, 1.82) is 0 Å². The van der Waals surface area contributed by atoms with Gasteiger partial charge in [0.1, 0.15) is 5.56 Å². The molecule has 4 N–H and O–H groups in total. The van der Waals surface area contributed by atoms with Crippen LogP contribution in [0.5, 0.6) is 0 Å². The Morgan fingerprint density at radius 1 is 1.00 bits per heavy atom. The van der Waals surface area contributed by atoms with Crippen LogP contribution in [0, 0.1) is 6.92 Å². The number of benzene rings is 1. The van der Waals surface area contributed by atoms with Gasteiger partial charge in [-0.25, -0.2) is 0 Å². The number of nitrogens with one attached hydrogen (secondary N) is 4. The fourth-order valence-electron chi connectivity index (χ4n) is 5.26. The number of pyridine rings is 2. The molecule has 2 aliphatic heterocycles. The molecule has 0 atom stereocenters. The van der Waals surface area contributed by atoms with E-state index in [2.05, 4.69) is 49.6 Å². The topological polar surface area (TPSA) is 115 Å². The van der Waals surface area contributed by atoms with E-state index in [0.29, 0.717) is 23.5 Å². The fourth-order valence-corrected chi connectivity index (χ4v) is 5.26. The number of carbonyl (C=O) groups excluding carboxylic acids is 1. The Kier molecular flexibility index (Phi) is 8.66. The van der Waals surface area contributed by atoms with E-state index in [1.807, 2.05) is 31.2 Å². The van der Waals surface area contributed by atoms with Crippen LogP contribution in [0.3, 0.4) is 0 Å². The van der Waals surface area contributed by atoms with Crippen LogP contribution < -0.4 is 26.4 Å². The maximum Gasteiger partial charge on any atom is 0.263 e. The molecule has 1 aromatic carbocycles. The van der Waals surface area contributed by atoms with E-state index in [4.69, 9.17) is 4.74 Å². The molecule has 0 spiro atoms. The second kappa shape index (κ2) is 12.5. The summed E-state index contributed by atoms with van der Waals surface area (Å²) in [4.78, 5) is 38.0. The zero-order valence-corrected chi connectivity index (χ0v) is 23.5. The number of amides is 1. The van der Waals surface area contributed by atoms with Gasteiger partial charge >= 0.3 is 0 Å². The van der Waals surface area contributed by atoms with Crippen molar-refractivity contribution in [3.63, 3.8) is 0 Å². The molecule has 2 saturated heterocycles. The van der Waals surface area contributed by atoms with E-state index in [1.165, 1.54) is 6.20 Å². The van der Waals surface area contributed by atoms with Gasteiger partial charge in [0.05, 0.1) is 29.5 Å². The standard InChI is InChI=1S/C30H39N7O3/c1-20(2)36-12-14-37(15-13-36)24-6-4-22(5-7-24)34-30(39)28-25(8-11-32-29(28)38)35-27-19-31-18-26(21(27)3)33-23-9-16-40-17-10-23/h4-8,11,18-20,23,33H,9-10,12-17H2,1-3H3,(H,34,39)(H2,32,35,38). The summed E-state index contributed by atoms with van der Waals surface area (Å²) < 4.78 is 5.46. The van der Waals surface area contributed by atoms with Gasteiger partial charge in [0.2, 0.25) is 0 Å². The number of aromatic amines is 1. The van der Waals surface area contributed by atoms with Gasteiger partial charge in [0, 0.05) is 69.0 Å². The lowest BCUT2D eigenvalue weighted by molar-refractivity contribution is 0.0904. The lowest BCUT2D eigenvalue weighted by Crippen LogP contribution is -2.48. The molecular formula is C30H39N7O3. The summed E-state index contributed by atoms with van der Waals surface area (Å²) in [7, 11) is 0. The molecule has 2 fully saturated rings. The van der Waals surface area contributed by atoms with Crippen LogP contribution in [0.1, 0.15) is 42.6 Å². The van der Waals surface area contributed by atoms with E-state index in [-0.39, 0.29) is 5.56 Å². The van der Waals surface area contributed by atoms with E-state index in [9.17, 15) is 9.59 Å². The monoisotopic (exact) mass is 545 g/mol. The Morgan fingerprint density at radius 2 is 1.70 bits per heavy atom. The molecule has 5 rings (SSSR count). The highest BCUT2D eigenvalue weighted by molar-refractivity contribution is 6.08. The van der Waals surface area contributed by atoms with Gasteiger partial charge in [0.25, 0.3) is 11.5 Å². The first-order valence-electron chi connectivity index (χ1n) is 14.1. The van der Waals surface area contributed by atoms with Gasteiger partial charge in [0.15, 0.2) is 0 Å². The molecule has 212 valence electrons. The average molecular weight is 546 g/mol. The van der Waals surface area contributed by atoms with Crippen molar-refractivity contribution in [2.45, 2.75) is 45.7 Å². The Morgan fingerprint density at radius 3 is 2.40 bits per heavy atom. The van der Waals surface area contributed by atoms with Gasteiger partial charge < -0.3 is 30.6 Å². The van der Waals surface area contributed by atoms with E-state index >= 15 is 0 Å². The average Bonchev–Trinajstić information content (AvgIpc) is 2.96. The fraction of sp³-hybridized carbons (Fsp3) is 0.433. The second-order valence-corrected chi connectivity index (χ2v) is 10.7. The molecule has 0 radical (unpaired) electrons. The van der Waals surface area contributed by atoms with Crippen molar-refractivity contribution >= 4 is 34.3 Å². The highest BCUT2D eigenvalue weighted by Crippen LogP contribution is 2.28. The molecule has 1 amide bonds. The first kappa shape index (κ1) is 27.7. The largest absolute Gasteiger partial charge is 0.381 e. The summed E-state index contributed by atoms with van der Waals surface area (Å²) >= 11 is 0. The van der Waals surface area contributed by atoms with Crippen LogP contribution >= 0.6 is 0 Å². The van der Waals surface area contributed by atoms with Crippen LogP contribution in [-0.2, 0) is 4.74 Å². The first-order chi connectivity index (χ1) is 19.4. The second-order valence-electron chi connectivity index (χ2n) is 10.7. The molecule has 40 heavy (non-hydrogen) atoms. The number of piperazine rings is 1. The van der Waals surface area contributed by atoms with Crippen LogP contribution in [0.25, 0.3) is 0 Å². The molecule has 10 heteroatoms. The van der Waals surface area contributed by atoms with Crippen molar-refractivity contribution in [3.05, 3.63) is 70.4 Å². The summed E-state index contributed by atoms with van der Waals surface area (Å²) in [5, 5.41) is 9.72. The predicted octanol–water partition coefficient (Wildman–Crippen LogP) is 4.20. The predicted molar refractivity (Wildman–Crippen MR) is 160 cm³/mol. The molecule has 2 aliphatic rings. The minimum absolute atomic E-state index is 0.0126. The Bertz CT molecular complexity index is 1360. The first-order valence-corrected chi connectivity index (χ1v) is 14.1. The smallest absolute Gasteiger partial charge is 0.263 e. The van der Waals surface area contributed by atoms with Crippen LogP contribution in [0.2, 0.25) is 0 Å². The maximum atomic E-state index is 13.3. The van der Waals surface area contributed by atoms with E-state index < -0.39 is 11.5 Å². The molecule has 10 nitrogen and oxygen atoms in total. The molecule has 4 heterocycles. The highest BCUT2D eigenvalue weighted by atomic mass is 16.5. The number of ether oxygens (including phenoxy) is 1. The van der Waals surface area contributed by atoms with Crippen LogP contribution in [0.15, 0.2) is 53.7 Å². The SMILES string of the molecule is Cc1c(Nc2cc[nH]c(=O)c2C(=O)Nc2ccc(N3CCN(C(C)C)CC3)cc2)cncc1NC1CCOCC1. The quantitative estimate of drug-likeness (QED) is 0.333. The van der Waals surface area contributed by atoms with Crippen molar-refractivity contribution < 1.29 is 9.53 Å². The van der Waals surface area contributed by atoms with Crippen molar-refractivity contribution in [3.8, 4) is 0 Å². The Labute approximate surface area is 235 Å². The van der Waals surface area contributed by atoms with Crippen molar-refractivity contribution in [2.75, 3.05) is 60.2 Å². The zero-order valence-electron chi connectivity index (χ0n) is 23.5. The van der Waals surface area contributed by atoms with Crippen molar-refractivity contribution in [1.82, 2.24) is 14.9 Å². The van der Waals surface area contributed by atoms with E-state index in [1.54, 1.807) is 18.5 Å². The number of H-pyrrole nitrogens is 1. The summed E-state index contributed by atoms with van der Waals surface area (Å²) in [5.74, 6) is -0.482. The molecule has 3 aromatic rings. The highest BCUT2D eigenvalue weighted by Gasteiger charge is 2.21. The van der Waals surface area contributed by atoms with Crippen molar-refractivity contribution in [2.24, 2.45) is 0 Å². The summed E-state index contributed by atoms with van der Waals surface area (Å²) in [6.07, 6.45) is 6.90. The maximum absolute atomic E-state index is 13.3. The number of hydrogen-bond donors (Lipinski definition) is 4. The van der Waals surface area contributed by atoms with Gasteiger partial charge in [-0.3, -0.25) is 19.5 Å². The minimum atomic E-state index is -0.482. The Hall–Kier alpha value is -3.89. The molecule has 0 unspecified atom stereocenters. The number of carbonyl (C=O) groups is 1. The van der Waals surface area contributed by atoms with E-state index in [0.717, 1.165) is 74.9 Å². The summed E-state index contributed by atoms with van der Waals surface area (Å²) in [6.45, 7) is 11.9. The number of aromatic nitrogens is 2. The lowest BCUT2D eigenvalue weighted by Gasteiger charge is -2.38. The van der Waals surface area contributed by atoms with Gasteiger partial charge in [-0.2, -0.15) is 0 Å². The Balaban J connectivity index is 1.28. The molecular weight excluding hydrogens is 506 g/mol. The number of nitrogens with zero attached hydrogens (tertiary/aromatic N) is 3. The number of anilines is 5. The van der Waals surface area contributed by atoms with Gasteiger partial charge in [-0.1, -0.05) is 0 Å². The number of hydrogen-bond acceptors (Lipinski definition) is 8. The summed E-state index contributed by atoms with van der Waals surface area (Å²) in [5.41, 5.74) is 4.30. The van der Waals surface area contributed by atoms with Gasteiger partial charge in [-0.15, -0.1) is 0 Å². The molecule has 0 bridgehead atoms. The normalized spacial score (nSPS) is 16.6.